The molecule has 2 heteroatoms. The summed E-state index contributed by atoms with van der Waals surface area (Å²) in [5.74, 6) is 0. The second-order valence-electron chi connectivity index (χ2n) is 4.24. The summed E-state index contributed by atoms with van der Waals surface area (Å²) in [4.78, 5) is 0. The number of nitrogens with one attached hydrogen (secondary N) is 1. The average molecular weight is 205 g/mol. The van der Waals surface area contributed by atoms with Gasteiger partial charge < -0.3 is 10.4 Å². The first-order valence-corrected chi connectivity index (χ1v) is 5.76. The van der Waals surface area contributed by atoms with Crippen LogP contribution in [0.1, 0.15) is 30.9 Å². The summed E-state index contributed by atoms with van der Waals surface area (Å²) in [6, 6.07) is 8.58. The second-order valence-corrected chi connectivity index (χ2v) is 4.24. The van der Waals surface area contributed by atoms with Gasteiger partial charge in [0.05, 0.1) is 0 Å². The fraction of sp³-hybridized carbons (Fsp3) is 0.538. The Balaban J connectivity index is 2.35. The van der Waals surface area contributed by atoms with Crippen molar-refractivity contribution in [3.63, 3.8) is 0 Å². The third-order valence-electron chi connectivity index (χ3n) is 3.41. The fourth-order valence-electron chi connectivity index (χ4n) is 2.75. The van der Waals surface area contributed by atoms with E-state index in [0.29, 0.717) is 0 Å². The van der Waals surface area contributed by atoms with Crippen LogP contribution >= 0.6 is 0 Å². The molecule has 2 rings (SSSR count). The number of fused-ring (bicyclic) bond motifs is 1. The highest BCUT2D eigenvalue weighted by atomic mass is 16.3. The van der Waals surface area contributed by atoms with Crippen molar-refractivity contribution in [2.75, 3.05) is 13.2 Å². The first kappa shape index (κ1) is 10.7. The first-order valence-electron chi connectivity index (χ1n) is 5.76. The van der Waals surface area contributed by atoms with Crippen LogP contribution < -0.4 is 5.32 Å². The average Bonchev–Trinajstić information content (AvgIpc) is 2.60. The topological polar surface area (TPSA) is 32.3 Å². The molecule has 1 aromatic carbocycles. The molecule has 0 saturated carbocycles. The molecule has 0 aromatic heterocycles. The third-order valence-corrected chi connectivity index (χ3v) is 3.41. The maximum atomic E-state index is 9.20. The van der Waals surface area contributed by atoms with Crippen molar-refractivity contribution in [2.24, 2.45) is 0 Å². The molecule has 1 aliphatic rings. The van der Waals surface area contributed by atoms with Gasteiger partial charge in [-0.05, 0) is 36.9 Å². The van der Waals surface area contributed by atoms with E-state index in [0.717, 1.165) is 25.8 Å². The van der Waals surface area contributed by atoms with Gasteiger partial charge in [-0.1, -0.05) is 31.2 Å². The number of rotatable bonds is 4. The van der Waals surface area contributed by atoms with Crippen LogP contribution in [-0.4, -0.2) is 18.3 Å². The number of aryl methyl sites for hydroxylation is 1. The smallest absolute Gasteiger partial charge is 0.0462 e. The Morgan fingerprint density at radius 1 is 1.40 bits per heavy atom. The Hall–Kier alpha value is -0.860. The highest BCUT2D eigenvalue weighted by Crippen LogP contribution is 2.38. The Morgan fingerprint density at radius 3 is 2.93 bits per heavy atom. The molecular weight excluding hydrogens is 186 g/mol. The van der Waals surface area contributed by atoms with Crippen molar-refractivity contribution in [3.8, 4) is 0 Å². The minimum Gasteiger partial charge on any atom is -0.396 e. The number of hydrogen-bond donors (Lipinski definition) is 2. The zero-order valence-corrected chi connectivity index (χ0v) is 9.29. The Labute approximate surface area is 91.3 Å². The number of aliphatic hydroxyl groups excluding tert-OH is 1. The van der Waals surface area contributed by atoms with E-state index in [1.165, 1.54) is 11.1 Å². The molecule has 1 aliphatic carbocycles. The van der Waals surface area contributed by atoms with E-state index in [4.69, 9.17) is 0 Å². The summed E-state index contributed by atoms with van der Waals surface area (Å²) >= 11 is 0. The fourth-order valence-corrected chi connectivity index (χ4v) is 2.75. The van der Waals surface area contributed by atoms with Gasteiger partial charge in [0, 0.05) is 12.1 Å². The lowest BCUT2D eigenvalue weighted by atomic mass is 9.88. The maximum Gasteiger partial charge on any atom is 0.0462 e. The van der Waals surface area contributed by atoms with E-state index in [1.54, 1.807) is 0 Å². The summed E-state index contributed by atoms with van der Waals surface area (Å²) in [5.41, 5.74) is 2.85. The molecule has 0 aliphatic heterocycles. The Kier molecular flexibility index (Phi) is 3.08. The molecule has 2 nitrogen and oxygen atoms in total. The van der Waals surface area contributed by atoms with Gasteiger partial charge in [-0.2, -0.15) is 0 Å². The van der Waals surface area contributed by atoms with E-state index in [2.05, 4.69) is 36.5 Å². The molecule has 82 valence electrons. The van der Waals surface area contributed by atoms with Gasteiger partial charge in [0.25, 0.3) is 0 Å². The van der Waals surface area contributed by atoms with Gasteiger partial charge in [0.1, 0.15) is 0 Å². The lowest BCUT2D eigenvalue weighted by molar-refractivity contribution is 0.210. The van der Waals surface area contributed by atoms with Crippen molar-refractivity contribution in [1.29, 1.82) is 0 Å². The van der Waals surface area contributed by atoms with Gasteiger partial charge in [0.15, 0.2) is 0 Å². The van der Waals surface area contributed by atoms with Crippen LogP contribution in [0.5, 0.6) is 0 Å². The molecular formula is C13H19NO. The van der Waals surface area contributed by atoms with Crippen LogP contribution in [0.3, 0.4) is 0 Å². The summed E-state index contributed by atoms with van der Waals surface area (Å²) in [7, 11) is 0. The molecule has 0 heterocycles. The van der Waals surface area contributed by atoms with E-state index < -0.39 is 0 Å². The standard InChI is InChI=1S/C13H19NO/c1-2-14-13(9-10-15)8-7-11-5-3-4-6-12(11)13/h3-6,14-15H,2,7-10H2,1H3. The van der Waals surface area contributed by atoms with Crippen molar-refractivity contribution in [1.82, 2.24) is 5.32 Å². The zero-order valence-electron chi connectivity index (χ0n) is 9.29. The van der Waals surface area contributed by atoms with Gasteiger partial charge in [-0.3, -0.25) is 0 Å². The molecule has 15 heavy (non-hydrogen) atoms. The zero-order chi connectivity index (χ0) is 10.7. The predicted molar refractivity (Wildman–Crippen MR) is 61.8 cm³/mol. The minimum atomic E-state index is 0.0279. The minimum absolute atomic E-state index is 0.0279. The van der Waals surface area contributed by atoms with E-state index in [9.17, 15) is 5.11 Å². The second kappa shape index (κ2) is 4.33. The van der Waals surface area contributed by atoms with Gasteiger partial charge in [-0.25, -0.2) is 0 Å². The van der Waals surface area contributed by atoms with Gasteiger partial charge in [-0.15, -0.1) is 0 Å². The van der Waals surface area contributed by atoms with Crippen LogP contribution in [0.2, 0.25) is 0 Å². The summed E-state index contributed by atoms with van der Waals surface area (Å²) in [6.07, 6.45) is 3.06. The molecule has 0 bridgehead atoms. The third kappa shape index (κ3) is 1.80. The largest absolute Gasteiger partial charge is 0.396 e. The molecule has 1 atom stereocenters. The van der Waals surface area contributed by atoms with Crippen LogP contribution in [-0.2, 0) is 12.0 Å². The van der Waals surface area contributed by atoms with Crippen molar-refractivity contribution < 1.29 is 5.11 Å². The summed E-state index contributed by atoms with van der Waals surface area (Å²) in [6.45, 7) is 3.33. The lowest BCUT2D eigenvalue weighted by Gasteiger charge is -2.31. The normalized spacial score (nSPS) is 24.1. The highest BCUT2D eigenvalue weighted by molar-refractivity contribution is 5.38. The van der Waals surface area contributed by atoms with E-state index >= 15 is 0 Å². The lowest BCUT2D eigenvalue weighted by Crippen LogP contribution is -2.41. The quantitative estimate of drug-likeness (QED) is 0.786. The van der Waals surface area contributed by atoms with Crippen LogP contribution in [0.25, 0.3) is 0 Å². The number of aliphatic hydroxyl groups is 1. The van der Waals surface area contributed by atoms with Crippen LogP contribution in [0.4, 0.5) is 0 Å². The van der Waals surface area contributed by atoms with Gasteiger partial charge >= 0.3 is 0 Å². The SMILES string of the molecule is CCNC1(CCO)CCc2ccccc21. The van der Waals surface area contributed by atoms with Crippen molar-refractivity contribution in [2.45, 2.75) is 31.7 Å². The molecule has 0 spiro atoms. The molecule has 2 N–H and O–H groups in total. The highest BCUT2D eigenvalue weighted by Gasteiger charge is 2.36. The Bertz CT molecular complexity index is 324. The molecule has 0 fully saturated rings. The molecule has 0 amide bonds. The van der Waals surface area contributed by atoms with Crippen LogP contribution in [0.15, 0.2) is 24.3 Å². The monoisotopic (exact) mass is 205 g/mol. The van der Waals surface area contributed by atoms with Crippen LogP contribution in [0, 0.1) is 0 Å². The summed E-state index contributed by atoms with van der Waals surface area (Å²) < 4.78 is 0. The van der Waals surface area contributed by atoms with E-state index in [-0.39, 0.29) is 12.1 Å². The molecule has 0 saturated heterocycles. The summed E-state index contributed by atoms with van der Waals surface area (Å²) in [5, 5.41) is 12.8. The maximum absolute atomic E-state index is 9.20. The molecule has 1 aromatic rings. The number of hydrogen-bond acceptors (Lipinski definition) is 2. The molecule has 0 radical (unpaired) electrons. The van der Waals surface area contributed by atoms with Gasteiger partial charge in [0.2, 0.25) is 0 Å². The van der Waals surface area contributed by atoms with Crippen molar-refractivity contribution in [3.05, 3.63) is 35.4 Å². The predicted octanol–water partition coefficient (Wildman–Crippen LogP) is 1.82. The first-order chi connectivity index (χ1) is 7.32. The van der Waals surface area contributed by atoms with E-state index in [1.807, 2.05) is 0 Å². The van der Waals surface area contributed by atoms with Crippen molar-refractivity contribution >= 4 is 0 Å². The molecule has 1 unspecified atom stereocenters. The Morgan fingerprint density at radius 2 is 2.20 bits per heavy atom. The number of benzene rings is 1.